The van der Waals surface area contributed by atoms with E-state index in [9.17, 15) is 30.0 Å². The molecule has 0 aromatic heterocycles. The summed E-state index contributed by atoms with van der Waals surface area (Å²) in [5.41, 5.74) is 3.07. The Balaban J connectivity index is 0.000000172. The summed E-state index contributed by atoms with van der Waals surface area (Å²) in [5, 5.41) is 51.9. The summed E-state index contributed by atoms with van der Waals surface area (Å²) < 4.78 is 0. The lowest BCUT2D eigenvalue weighted by atomic mass is 9.90. The number of piperazine rings is 1. The molecule has 1 saturated heterocycles. The molecular weight excluding hydrogens is 745 g/mol. The van der Waals surface area contributed by atoms with Crippen molar-refractivity contribution in [1.29, 1.82) is 0 Å². The standard InChI is InChI=1S/C23H16O6.C22H28N2OS2/c24-20-16(14-7-3-1-5-12(14)9-18(20)22(26)27)11-17-15-8-4-2-6-13(15)10-19(21(17)25)23(28)29;1-26-18-7-8-22-19(16-18)20(15-17-5-2-3-6-21(17)27-22)24-12-10-23(11-13-24)9-4-14-25/h1-10,24-25H,11H2,(H,26,27)(H,28,29);2-3,5-8,16,20,25H,4,9-15H2,1H3. The number of aromatic carboxylic acids is 2. The smallest absolute Gasteiger partial charge is 0.339 e. The molecule has 8 rings (SSSR count). The molecule has 0 amide bonds. The number of aromatic hydroxyl groups is 2. The van der Waals surface area contributed by atoms with Gasteiger partial charge < -0.3 is 30.4 Å². The zero-order chi connectivity index (χ0) is 39.3. The van der Waals surface area contributed by atoms with E-state index in [0.29, 0.717) is 45.3 Å². The van der Waals surface area contributed by atoms with Gasteiger partial charge in [-0.25, -0.2) is 9.59 Å². The van der Waals surface area contributed by atoms with Crippen molar-refractivity contribution >= 4 is 57.0 Å². The van der Waals surface area contributed by atoms with E-state index >= 15 is 0 Å². The maximum absolute atomic E-state index is 11.6. The first-order valence-electron chi connectivity index (χ1n) is 18.6. The van der Waals surface area contributed by atoms with Crippen LogP contribution in [0.25, 0.3) is 21.5 Å². The van der Waals surface area contributed by atoms with Crippen LogP contribution in [0.2, 0.25) is 0 Å². The van der Waals surface area contributed by atoms with Gasteiger partial charge in [-0.05, 0) is 88.2 Å². The summed E-state index contributed by atoms with van der Waals surface area (Å²) >= 11 is 3.76. The molecule has 2 heterocycles. The van der Waals surface area contributed by atoms with E-state index in [2.05, 4.69) is 58.5 Å². The Bertz CT molecular complexity index is 2310. The third kappa shape index (κ3) is 8.23. The van der Waals surface area contributed by atoms with Crippen LogP contribution in [0, 0.1) is 0 Å². The van der Waals surface area contributed by atoms with Crippen molar-refractivity contribution in [2.75, 3.05) is 45.6 Å². The molecule has 0 spiro atoms. The van der Waals surface area contributed by atoms with Gasteiger partial charge in [-0.1, -0.05) is 78.5 Å². The van der Waals surface area contributed by atoms with Gasteiger partial charge in [0.25, 0.3) is 0 Å². The molecule has 288 valence electrons. The van der Waals surface area contributed by atoms with Crippen molar-refractivity contribution in [3.05, 3.63) is 137 Å². The Morgan fingerprint density at radius 2 is 1.30 bits per heavy atom. The second-order valence-electron chi connectivity index (χ2n) is 14.0. The van der Waals surface area contributed by atoms with Crippen molar-refractivity contribution in [3.63, 3.8) is 0 Å². The minimum Gasteiger partial charge on any atom is -0.507 e. The molecular formula is C45H44N2O7S2. The molecule has 1 fully saturated rings. The van der Waals surface area contributed by atoms with Crippen LogP contribution in [-0.2, 0) is 12.8 Å². The third-order valence-corrected chi connectivity index (χ3v) is 12.7. The summed E-state index contributed by atoms with van der Waals surface area (Å²) in [5.74, 6) is -3.36. The van der Waals surface area contributed by atoms with Gasteiger partial charge in [-0.3, -0.25) is 4.90 Å². The molecule has 9 nitrogen and oxygen atoms in total. The molecule has 6 aromatic carbocycles. The van der Waals surface area contributed by atoms with Crippen LogP contribution in [0.5, 0.6) is 11.5 Å². The number of hydrogen-bond donors (Lipinski definition) is 5. The lowest BCUT2D eigenvalue weighted by molar-refractivity contribution is 0.0682. The maximum Gasteiger partial charge on any atom is 0.339 e. The quantitative estimate of drug-likeness (QED) is 0.0901. The summed E-state index contributed by atoms with van der Waals surface area (Å²) in [6.45, 7) is 5.71. The molecule has 1 unspecified atom stereocenters. The van der Waals surface area contributed by atoms with Crippen molar-refractivity contribution < 1.29 is 35.1 Å². The number of aliphatic hydroxyl groups is 1. The Morgan fingerprint density at radius 1 is 0.732 bits per heavy atom. The summed E-state index contributed by atoms with van der Waals surface area (Å²) in [4.78, 5) is 32.5. The van der Waals surface area contributed by atoms with Gasteiger partial charge in [0.2, 0.25) is 0 Å². The van der Waals surface area contributed by atoms with Gasteiger partial charge >= 0.3 is 11.9 Å². The second-order valence-corrected chi connectivity index (χ2v) is 16.0. The molecule has 11 heteroatoms. The number of thioether (sulfide) groups is 1. The highest BCUT2D eigenvalue weighted by Crippen LogP contribution is 2.44. The molecule has 1 atom stereocenters. The highest BCUT2D eigenvalue weighted by atomic mass is 32.2. The van der Waals surface area contributed by atoms with E-state index in [4.69, 9.17) is 5.11 Å². The number of carbonyl (C=O) groups is 2. The molecule has 0 radical (unpaired) electrons. The number of rotatable bonds is 9. The van der Waals surface area contributed by atoms with Gasteiger partial charge in [-0.2, -0.15) is 0 Å². The average Bonchev–Trinajstić information content (AvgIpc) is 3.38. The van der Waals surface area contributed by atoms with Crippen molar-refractivity contribution in [3.8, 4) is 11.5 Å². The summed E-state index contributed by atoms with van der Waals surface area (Å²) in [6, 6.07) is 33.1. The van der Waals surface area contributed by atoms with Crippen LogP contribution >= 0.6 is 23.5 Å². The zero-order valence-corrected chi connectivity index (χ0v) is 32.7. The van der Waals surface area contributed by atoms with Gasteiger partial charge in [0.15, 0.2) is 0 Å². The van der Waals surface area contributed by atoms with Crippen molar-refractivity contribution in [2.45, 2.75) is 40.0 Å². The van der Waals surface area contributed by atoms with Gasteiger partial charge in [0.05, 0.1) is 0 Å². The monoisotopic (exact) mass is 788 g/mol. The molecule has 2 aliphatic rings. The van der Waals surface area contributed by atoms with Crippen LogP contribution in [0.4, 0.5) is 0 Å². The Hall–Kier alpha value is -5.04. The fourth-order valence-corrected chi connectivity index (χ4v) is 9.38. The lowest BCUT2D eigenvalue weighted by Crippen LogP contribution is -2.48. The van der Waals surface area contributed by atoms with Gasteiger partial charge in [0, 0.05) is 77.6 Å². The van der Waals surface area contributed by atoms with Crippen molar-refractivity contribution in [1.82, 2.24) is 9.80 Å². The van der Waals surface area contributed by atoms with E-state index in [-0.39, 0.29) is 17.5 Å². The van der Waals surface area contributed by atoms with Crippen LogP contribution < -0.4 is 0 Å². The highest BCUT2D eigenvalue weighted by molar-refractivity contribution is 7.99. The predicted octanol–water partition coefficient (Wildman–Crippen LogP) is 8.55. The molecule has 0 saturated carbocycles. The zero-order valence-electron chi connectivity index (χ0n) is 31.0. The fraction of sp³-hybridized carbons (Fsp3) is 0.244. The molecule has 0 aliphatic carbocycles. The molecule has 6 aromatic rings. The Labute approximate surface area is 334 Å². The number of phenols is 2. The van der Waals surface area contributed by atoms with Crippen LogP contribution in [0.15, 0.2) is 118 Å². The van der Waals surface area contributed by atoms with Gasteiger partial charge in [-0.15, -0.1) is 11.8 Å². The topological polar surface area (TPSA) is 142 Å². The minimum absolute atomic E-state index is 0.0407. The van der Waals surface area contributed by atoms with Gasteiger partial charge in [0.1, 0.15) is 22.6 Å². The molecule has 5 N–H and O–H groups in total. The maximum atomic E-state index is 11.6. The van der Waals surface area contributed by atoms with Crippen LogP contribution in [0.3, 0.4) is 0 Å². The molecule has 56 heavy (non-hydrogen) atoms. The molecule has 2 aliphatic heterocycles. The number of aliphatic hydroxyl groups excluding tert-OH is 1. The third-order valence-electron chi connectivity index (χ3n) is 10.7. The first-order valence-corrected chi connectivity index (χ1v) is 20.7. The SMILES string of the molecule is CSc1ccc2c(c1)C(N1CCN(CCCO)CC1)Cc1ccccc1S2.O=C(O)c1cc2ccccc2c(Cc2c(O)c(C(=O)O)cc3ccccc23)c1O. The van der Waals surface area contributed by atoms with E-state index in [1.165, 1.54) is 37.9 Å². The van der Waals surface area contributed by atoms with E-state index < -0.39 is 23.4 Å². The normalized spacial score (nSPS) is 15.7. The Morgan fingerprint density at radius 3 is 1.88 bits per heavy atom. The first-order chi connectivity index (χ1) is 27.2. The van der Waals surface area contributed by atoms with Crippen molar-refractivity contribution in [2.24, 2.45) is 0 Å². The summed E-state index contributed by atoms with van der Waals surface area (Å²) in [7, 11) is 0. The van der Waals surface area contributed by atoms with E-state index in [1.807, 2.05) is 23.5 Å². The summed E-state index contributed by atoms with van der Waals surface area (Å²) in [6.07, 6.45) is 4.09. The largest absolute Gasteiger partial charge is 0.507 e. The first kappa shape index (κ1) is 39.2. The molecule has 0 bridgehead atoms. The lowest BCUT2D eigenvalue weighted by Gasteiger charge is -2.39. The number of hydrogen-bond acceptors (Lipinski definition) is 9. The average molecular weight is 789 g/mol. The minimum atomic E-state index is -1.28. The predicted molar refractivity (Wildman–Crippen MR) is 223 cm³/mol. The Kier molecular flexibility index (Phi) is 12.2. The van der Waals surface area contributed by atoms with E-state index in [0.717, 1.165) is 45.6 Å². The number of fused-ring (bicyclic) bond motifs is 4. The highest BCUT2D eigenvalue weighted by Gasteiger charge is 2.30. The number of benzene rings is 6. The number of nitrogens with zero attached hydrogens (tertiary/aromatic N) is 2. The number of carboxylic acids is 2. The fourth-order valence-electron chi connectivity index (χ4n) is 7.82. The number of carboxylic acid groups (broad SMARTS) is 2. The van der Waals surface area contributed by atoms with Crippen LogP contribution in [-0.4, -0.2) is 92.9 Å². The van der Waals surface area contributed by atoms with E-state index in [1.54, 1.807) is 48.5 Å². The van der Waals surface area contributed by atoms with Crippen LogP contribution in [0.1, 0.15) is 55.4 Å². The second kappa shape index (κ2) is 17.4.